The third kappa shape index (κ3) is 1.73. The van der Waals surface area contributed by atoms with Crippen molar-refractivity contribution < 1.29 is 20.1 Å². The van der Waals surface area contributed by atoms with E-state index in [9.17, 15) is 10.2 Å². The SMILES string of the molecule is NC(=S)C1OCC(O)C(O)C1O. The lowest BCUT2D eigenvalue weighted by Crippen LogP contribution is -2.56. The van der Waals surface area contributed by atoms with E-state index in [4.69, 9.17) is 15.6 Å². The lowest BCUT2D eigenvalue weighted by Gasteiger charge is -2.34. The van der Waals surface area contributed by atoms with Gasteiger partial charge in [0.1, 0.15) is 29.4 Å². The Kier molecular flexibility index (Phi) is 2.97. The fraction of sp³-hybridized carbons (Fsp3) is 0.833. The van der Waals surface area contributed by atoms with E-state index >= 15 is 0 Å². The smallest absolute Gasteiger partial charge is 0.136 e. The first-order valence-corrected chi connectivity index (χ1v) is 3.90. The molecule has 1 aliphatic heterocycles. The number of aliphatic hydroxyl groups is 3. The molecule has 5 nitrogen and oxygen atoms in total. The summed E-state index contributed by atoms with van der Waals surface area (Å²) in [6.07, 6.45) is -4.43. The van der Waals surface area contributed by atoms with Crippen molar-refractivity contribution in [2.45, 2.75) is 24.4 Å². The average Bonchev–Trinajstić information content (AvgIpc) is 2.00. The van der Waals surface area contributed by atoms with Gasteiger partial charge in [-0.1, -0.05) is 12.2 Å². The third-order valence-corrected chi connectivity index (χ3v) is 2.01. The standard InChI is InChI=1S/C6H11NO4S/c7-6(12)5-4(10)3(9)2(8)1-11-5/h2-5,8-10H,1H2,(H2,7,12). The molecule has 0 bridgehead atoms. The lowest BCUT2D eigenvalue weighted by molar-refractivity contribution is -0.167. The minimum absolute atomic E-state index is 0.0200. The second-order valence-corrected chi connectivity index (χ2v) is 3.18. The molecule has 0 aliphatic carbocycles. The van der Waals surface area contributed by atoms with Crippen molar-refractivity contribution in [2.75, 3.05) is 6.61 Å². The fourth-order valence-corrected chi connectivity index (χ4v) is 1.26. The molecule has 4 unspecified atom stereocenters. The molecule has 6 heteroatoms. The third-order valence-electron chi connectivity index (χ3n) is 1.78. The van der Waals surface area contributed by atoms with Crippen LogP contribution in [0.25, 0.3) is 0 Å². The molecule has 12 heavy (non-hydrogen) atoms. The van der Waals surface area contributed by atoms with E-state index in [0.29, 0.717) is 0 Å². The predicted molar refractivity (Wildman–Crippen MR) is 44.5 cm³/mol. The van der Waals surface area contributed by atoms with Gasteiger partial charge in [-0.3, -0.25) is 0 Å². The Balaban J connectivity index is 2.65. The summed E-state index contributed by atoms with van der Waals surface area (Å²) in [5.74, 6) is 0. The Hall–Kier alpha value is -0.270. The van der Waals surface area contributed by atoms with Gasteiger partial charge in [0, 0.05) is 0 Å². The van der Waals surface area contributed by atoms with Crippen molar-refractivity contribution in [3.8, 4) is 0 Å². The van der Waals surface area contributed by atoms with E-state index in [1.165, 1.54) is 0 Å². The number of rotatable bonds is 1. The minimum atomic E-state index is -1.25. The van der Waals surface area contributed by atoms with Crippen LogP contribution in [0.3, 0.4) is 0 Å². The maximum Gasteiger partial charge on any atom is 0.136 e. The highest BCUT2D eigenvalue weighted by atomic mass is 32.1. The van der Waals surface area contributed by atoms with Crippen LogP contribution in [0.5, 0.6) is 0 Å². The van der Waals surface area contributed by atoms with Crippen LogP contribution in [-0.2, 0) is 4.74 Å². The van der Waals surface area contributed by atoms with Crippen molar-refractivity contribution in [2.24, 2.45) is 5.73 Å². The minimum Gasteiger partial charge on any atom is -0.391 e. The number of hydrogen-bond donors (Lipinski definition) is 4. The van der Waals surface area contributed by atoms with Gasteiger partial charge in [0.15, 0.2) is 0 Å². The molecular formula is C6H11NO4S. The molecule has 0 saturated carbocycles. The molecule has 5 N–H and O–H groups in total. The normalized spacial score (nSPS) is 42.6. The van der Waals surface area contributed by atoms with Gasteiger partial charge in [0.25, 0.3) is 0 Å². The quantitative estimate of drug-likeness (QED) is 0.351. The molecule has 0 aromatic rings. The molecule has 70 valence electrons. The number of aliphatic hydroxyl groups excluding tert-OH is 3. The maximum atomic E-state index is 9.28. The van der Waals surface area contributed by atoms with Gasteiger partial charge in [0.2, 0.25) is 0 Å². The van der Waals surface area contributed by atoms with Gasteiger partial charge in [-0.05, 0) is 0 Å². The molecule has 4 atom stereocenters. The lowest BCUT2D eigenvalue weighted by atomic mass is 10.0. The summed E-state index contributed by atoms with van der Waals surface area (Å²) in [4.78, 5) is -0.0200. The molecule has 1 heterocycles. The molecule has 1 fully saturated rings. The fourth-order valence-electron chi connectivity index (χ4n) is 1.06. The van der Waals surface area contributed by atoms with Gasteiger partial charge < -0.3 is 25.8 Å². The summed E-state index contributed by atoms with van der Waals surface area (Å²) in [5, 5.41) is 27.5. The molecule has 0 spiro atoms. The first kappa shape index (κ1) is 9.82. The molecule has 0 aromatic heterocycles. The van der Waals surface area contributed by atoms with Crippen LogP contribution >= 0.6 is 12.2 Å². The maximum absolute atomic E-state index is 9.28. The van der Waals surface area contributed by atoms with Crippen LogP contribution in [0.1, 0.15) is 0 Å². The second-order valence-electron chi connectivity index (χ2n) is 2.70. The molecule has 0 radical (unpaired) electrons. The Labute approximate surface area is 74.8 Å². The van der Waals surface area contributed by atoms with Crippen molar-refractivity contribution in [1.82, 2.24) is 0 Å². The summed E-state index contributed by atoms with van der Waals surface area (Å²) in [6, 6.07) is 0. The zero-order valence-electron chi connectivity index (χ0n) is 6.25. The molecular weight excluding hydrogens is 182 g/mol. The highest BCUT2D eigenvalue weighted by Gasteiger charge is 2.38. The Morgan fingerprint density at radius 1 is 1.33 bits per heavy atom. The predicted octanol–water partition coefficient (Wildman–Crippen LogP) is -2.25. The van der Waals surface area contributed by atoms with Crippen LogP contribution in [0, 0.1) is 0 Å². The van der Waals surface area contributed by atoms with Crippen LogP contribution in [0.15, 0.2) is 0 Å². The van der Waals surface area contributed by atoms with Gasteiger partial charge in [0.05, 0.1) is 6.61 Å². The topological polar surface area (TPSA) is 95.9 Å². The van der Waals surface area contributed by atoms with Gasteiger partial charge in [-0.15, -0.1) is 0 Å². The van der Waals surface area contributed by atoms with Crippen molar-refractivity contribution in [3.05, 3.63) is 0 Å². The van der Waals surface area contributed by atoms with E-state index in [2.05, 4.69) is 12.2 Å². The molecule has 1 aliphatic rings. The van der Waals surface area contributed by atoms with Gasteiger partial charge in [-0.2, -0.15) is 0 Å². The molecule has 1 saturated heterocycles. The van der Waals surface area contributed by atoms with Crippen molar-refractivity contribution in [1.29, 1.82) is 0 Å². The van der Waals surface area contributed by atoms with Crippen molar-refractivity contribution in [3.63, 3.8) is 0 Å². The first-order chi connectivity index (χ1) is 5.54. The van der Waals surface area contributed by atoms with Crippen LogP contribution in [-0.4, -0.2) is 51.3 Å². The summed E-state index contributed by atoms with van der Waals surface area (Å²) in [5.41, 5.74) is 5.22. The summed E-state index contributed by atoms with van der Waals surface area (Å²) in [6.45, 7) is -0.0692. The average molecular weight is 193 g/mol. The van der Waals surface area contributed by atoms with E-state index in [1.54, 1.807) is 0 Å². The molecule has 0 amide bonds. The molecule has 1 rings (SSSR count). The van der Waals surface area contributed by atoms with E-state index in [1.807, 2.05) is 0 Å². The van der Waals surface area contributed by atoms with Gasteiger partial charge in [-0.25, -0.2) is 0 Å². The zero-order chi connectivity index (χ0) is 9.30. The Bertz CT molecular complexity index is 188. The van der Waals surface area contributed by atoms with E-state index in [-0.39, 0.29) is 11.6 Å². The summed E-state index contributed by atoms with van der Waals surface area (Å²) >= 11 is 4.58. The van der Waals surface area contributed by atoms with E-state index < -0.39 is 24.4 Å². The van der Waals surface area contributed by atoms with Gasteiger partial charge >= 0.3 is 0 Å². The Morgan fingerprint density at radius 3 is 2.42 bits per heavy atom. The highest BCUT2D eigenvalue weighted by molar-refractivity contribution is 7.80. The van der Waals surface area contributed by atoms with Crippen LogP contribution in [0.4, 0.5) is 0 Å². The second kappa shape index (κ2) is 3.63. The summed E-state index contributed by atoms with van der Waals surface area (Å²) < 4.78 is 4.91. The number of nitrogens with two attached hydrogens (primary N) is 1. The van der Waals surface area contributed by atoms with E-state index in [0.717, 1.165) is 0 Å². The Morgan fingerprint density at radius 2 is 1.92 bits per heavy atom. The monoisotopic (exact) mass is 193 g/mol. The number of thiocarbonyl (C=S) groups is 1. The number of hydrogen-bond acceptors (Lipinski definition) is 5. The van der Waals surface area contributed by atoms with Crippen LogP contribution < -0.4 is 5.73 Å². The van der Waals surface area contributed by atoms with Crippen molar-refractivity contribution >= 4 is 17.2 Å². The summed E-state index contributed by atoms with van der Waals surface area (Å²) in [7, 11) is 0. The highest BCUT2D eigenvalue weighted by Crippen LogP contribution is 2.15. The molecule has 0 aromatic carbocycles. The first-order valence-electron chi connectivity index (χ1n) is 3.49. The largest absolute Gasteiger partial charge is 0.391 e. The van der Waals surface area contributed by atoms with Crippen LogP contribution in [0.2, 0.25) is 0 Å². The number of ether oxygens (including phenoxy) is 1. The zero-order valence-corrected chi connectivity index (χ0v) is 7.07.